The summed E-state index contributed by atoms with van der Waals surface area (Å²) in [6.45, 7) is 6.96. The summed E-state index contributed by atoms with van der Waals surface area (Å²) in [6.07, 6.45) is 1.83. The summed E-state index contributed by atoms with van der Waals surface area (Å²) < 4.78 is 0. The molecule has 1 heterocycles. The van der Waals surface area contributed by atoms with Crippen LogP contribution in [0.1, 0.15) is 33.6 Å². The Bertz CT molecular complexity index is 276. The van der Waals surface area contributed by atoms with Crippen molar-refractivity contribution in [1.82, 2.24) is 9.80 Å². The topological polar surface area (TPSA) is 40.6 Å². The molecule has 1 fully saturated rings. The zero-order valence-corrected chi connectivity index (χ0v) is 10.7. The van der Waals surface area contributed by atoms with Crippen LogP contribution in [0.15, 0.2) is 0 Å². The Morgan fingerprint density at radius 3 is 2.50 bits per heavy atom. The zero-order chi connectivity index (χ0) is 12.3. The smallest absolute Gasteiger partial charge is 0.227 e. The van der Waals surface area contributed by atoms with Crippen LogP contribution in [0.2, 0.25) is 0 Å². The molecule has 1 aliphatic heterocycles. The standard InChI is InChI=1S/C12H22N2O2/c1-9(2)13(4)12(16)11-6-5-7-14(8-11)10(3)15/h9,11H,5-8H2,1-4H3. The molecule has 0 aromatic rings. The number of hydrogen-bond donors (Lipinski definition) is 0. The number of piperidine rings is 1. The SMILES string of the molecule is CC(=O)N1CCCC(C(=O)N(C)C(C)C)C1. The van der Waals surface area contributed by atoms with Crippen LogP contribution in [0.5, 0.6) is 0 Å². The van der Waals surface area contributed by atoms with E-state index in [0.717, 1.165) is 19.4 Å². The lowest BCUT2D eigenvalue weighted by Crippen LogP contribution is -2.46. The fraction of sp³-hybridized carbons (Fsp3) is 0.833. The highest BCUT2D eigenvalue weighted by Crippen LogP contribution is 2.19. The van der Waals surface area contributed by atoms with Gasteiger partial charge in [0.25, 0.3) is 0 Å². The Morgan fingerprint density at radius 2 is 2.00 bits per heavy atom. The number of likely N-dealkylation sites (tertiary alicyclic amines) is 1. The molecule has 4 nitrogen and oxygen atoms in total. The van der Waals surface area contributed by atoms with E-state index in [0.29, 0.717) is 6.54 Å². The molecule has 1 rings (SSSR count). The summed E-state index contributed by atoms with van der Waals surface area (Å²) in [5, 5.41) is 0. The lowest BCUT2D eigenvalue weighted by molar-refractivity contribution is -0.140. The van der Waals surface area contributed by atoms with Crippen molar-refractivity contribution in [3.05, 3.63) is 0 Å². The van der Waals surface area contributed by atoms with Gasteiger partial charge in [-0.1, -0.05) is 0 Å². The average molecular weight is 226 g/mol. The molecule has 1 atom stereocenters. The summed E-state index contributed by atoms with van der Waals surface area (Å²) in [7, 11) is 1.83. The third-order valence-electron chi connectivity index (χ3n) is 3.34. The molecule has 0 N–H and O–H groups in total. The summed E-state index contributed by atoms with van der Waals surface area (Å²) in [5.74, 6) is 0.232. The van der Waals surface area contributed by atoms with Gasteiger partial charge in [-0.3, -0.25) is 9.59 Å². The van der Waals surface area contributed by atoms with Crippen LogP contribution in [0.4, 0.5) is 0 Å². The second kappa shape index (κ2) is 5.32. The van der Waals surface area contributed by atoms with Crippen LogP contribution in [0, 0.1) is 5.92 Å². The molecule has 0 aromatic carbocycles. The van der Waals surface area contributed by atoms with Crippen LogP contribution in [-0.4, -0.2) is 47.8 Å². The monoisotopic (exact) mass is 226 g/mol. The minimum Gasteiger partial charge on any atom is -0.343 e. The molecule has 16 heavy (non-hydrogen) atoms. The van der Waals surface area contributed by atoms with Gasteiger partial charge in [0.2, 0.25) is 11.8 Å². The largest absolute Gasteiger partial charge is 0.343 e. The van der Waals surface area contributed by atoms with E-state index in [2.05, 4.69) is 0 Å². The van der Waals surface area contributed by atoms with E-state index >= 15 is 0 Å². The molecule has 0 bridgehead atoms. The van der Waals surface area contributed by atoms with Gasteiger partial charge in [-0.15, -0.1) is 0 Å². The van der Waals surface area contributed by atoms with E-state index < -0.39 is 0 Å². The Kier molecular flexibility index (Phi) is 4.33. The highest BCUT2D eigenvalue weighted by molar-refractivity contribution is 5.80. The lowest BCUT2D eigenvalue weighted by atomic mass is 9.96. The average Bonchev–Trinajstić information content (AvgIpc) is 2.27. The van der Waals surface area contributed by atoms with Crippen LogP contribution in [-0.2, 0) is 9.59 Å². The highest BCUT2D eigenvalue weighted by atomic mass is 16.2. The molecule has 92 valence electrons. The maximum absolute atomic E-state index is 12.1. The number of carbonyl (C=O) groups excluding carboxylic acids is 2. The first-order chi connectivity index (χ1) is 7.43. The summed E-state index contributed by atoms with van der Waals surface area (Å²) in [6, 6.07) is 0.222. The van der Waals surface area contributed by atoms with Crippen LogP contribution in [0.25, 0.3) is 0 Å². The van der Waals surface area contributed by atoms with Crippen molar-refractivity contribution in [2.75, 3.05) is 20.1 Å². The molecule has 0 spiro atoms. The maximum Gasteiger partial charge on any atom is 0.227 e. The van der Waals surface area contributed by atoms with Crippen molar-refractivity contribution in [3.8, 4) is 0 Å². The van der Waals surface area contributed by atoms with Crippen LogP contribution in [0.3, 0.4) is 0 Å². The molecule has 1 unspecified atom stereocenters. The first kappa shape index (κ1) is 13.0. The summed E-state index contributed by atoms with van der Waals surface area (Å²) >= 11 is 0. The fourth-order valence-corrected chi connectivity index (χ4v) is 2.01. The number of rotatable bonds is 2. The highest BCUT2D eigenvalue weighted by Gasteiger charge is 2.29. The van der Waals surface area contributed by atoms with E-state index in [1.165, 1.54) is 0 Å². The fourth-order valence-electron chi connectivity index (χ4n) is 2.01. The van der Waals surface area contributed by atoms with Gasteiger partial charge in [-0.25, -0.2) is 0 Å². The quantitative estimate of drug-likeness (QED) is 0.707. The molecule has 2 amide bonds. The predicted octanol–water partition coefficient (Wildman–Crippen LogP) is 1.11. The molecule has 0 radical (unpaired) electrons. The Morgan fingerprint density at radius 1 is 1.38 bits per heavy atom. The van der Waals surface area contributed by atoms with Crippen LogP contribution < -0.4 is 0 Å². The van der Waals surface area contributed by atoms with E-state index in [1.54, 1.807) is 16.7 Å². The van der Waals surface area contributed by atoms with Crippen molar-refractivity contribution in [1.29, 1.82) is 0 Å². The second-order valence-electron chi connectivity index (χ2n) is 4.85. The minimum absolute atomic E-state index is 0.00921. The third kappa shape index (κ3) is 2.97. The van der Waals surface area contributed by atoms with Gasteiger partial charge in [-0.2, -0.15) is 0 Å². The Hall–Kier alpha value is -1.06. The van der Waals surface area contributed by atoms with Gasteiger partial charge >= 0.3 is 0 Å². The van der Waals surface area contributed by atoms with Gasteiger partial charge in [0.05, 0.1) is 5.92 Å². The Labute approximate surface area is 97.6 Å². The van der Waals surface area contributed by atoms with Crippen molar-refractivity contribution in [2.24, 2.45) is 5.92 Å². The van der Waals surface area contributed by atoms with Gasteiger partial charge in [0, 0.05) is 33.1 Å². The second-order valence-corrected chi connectivity index (χ2v) is 4.85. The molecule has 0 aromatic heterocycles. The molecular weight excluding hydrogens is 204 g/mol. The predicted molar refractivity (Wildman–Crippen MR) is 62.9 cm³/mol. The summed E-state index contributed by atoms with van der Waals surface area (Å²) in [4.78, 5) is 26.9. The first-order valence-corrected chi connectivity index (χ1v) is 5.95. The van der Waals surface area contributed by atoms with E-state index in [1.807, 2.05) is 20.9 Å². The van der Waals surface area contributed by atoms with E-state index in [4.69, 9.17) is 0 Å². The van der Waals surface area contributed by atoms with Crippen molar-refractivity contribution in [2.45, 2.75) is 39.7 Å². The maximum atomic E-state index is 12.1. The van der Waals surface area contributed by atoms with Crippen molar-refractivity contribution >= 4 is 11.8 Å². The third-order valence-corrected chi connectivity index (χ3v) is 3.34. The molecule has 0 aliphatic carbocycles. The molecule has 0 saturated carbocycles. The number of hydrogen-bond acceptors (Lipinski definition) is 2. The minimum atomic E-state index is -0.00921. The molecule has 1 saturated heterocycles. The molecular formula is C12H22N2O2. The van der Waals surface area contributed by atoms with Gasteiger partial charge < -0.3 is 9.80 Å². The van der Waals surface area contributed by atoms with Crippen LogP contribution >= 0.6 is 0 Å². The first-order valence-electron chi connectivity index (χ1n) is 5.95. The van der Waals surface area contributed by atoms with Gasteiger partial charge in [0.15, 0.2) is 0 Å². The zero-order valence-electron chi connectivity index (χ0n) is 10.7. The lowest BCUT2D eigenvalue weighted by Gasteiger charge is -2.34. The van der Waals surface area contributed by atoms with Crippen molar-refractivity contribution in [3.63, 3.8) is 0 Å². The normalized spacial score (nSPS) is 21.1. The van der Waals surface area contributed by atoms with Crippen molar-refractivity contribution < 1.29 is 9.59 Å². The number of nitrogens with zero attached hydrogens (tertiary/aromatic N) is 2. The molecule has 4 heteroatoms. The number of amides is 2. The Balaban J connectivity index is 2.60. The van der Waals surface area contributed by atoms with E-state index in [9.17, 15) is 9.59 Å². The van der Waals surface area contributed by atoms with Gasteiger partial charge in [0.1, 0.15) is 0 Å². The number of carbonyl (C=O) groups is 2. The van der Waals surface area contributed by atoms with E-state index in [-0.39, 0.29) is 23.8 Å². The summed E-state index contributed by atoms with van der Waals surface area (Å²) in [5.41, 5.74) is 0. The molecule has 1 aliphatic rings. The van der Waals surface area contributed by atoms with Gasteiger partial charge in [-0.05, 0) is 26.7 Å².